The lowest BCUT2D eigenvalue weighted by atomic mass is 10.0. The maximum atomic E-state index is 11.8. The molecule has 0 saturated carbocycles. The number of nitrogens with zero attached hydrogens (tertiary/aromatic N) is 4. The molecule has 2 aromatic carbocycles. The van der Waals surface area contributed by atoms with Crippen LogP contribution in [-0.2, 0) is 7.05 Å². The van der Waals surface area contributed by atoms with Crippen LogP contribution in [0, 0.1) is 25.2 Å². The highest BCUT2D eigenvalue weighted by Gasteiger charge is 2.19. The molecular formula is C24H20ClN5O2. The van der Waals surface area contributed by atoms with Crippen molar-refractivity contribution in [3.05, 3.63) is 69.9 Å². The second-order valence-electron chi connectivity index (χ2n) is 7.55. The van der Waals surface area contributed by atoms with Gasteiger partial charge in [-0.25, -0.2) is 4.98 Å². The molecule has 0 bridgehead atoms. The SMILES string of the molecule is CC(=O)c1cc(C)c(Oc2nc(Nc3ccc(C#N)cc3)nc3c(Cl)cn(C)c23)c(C)c1. The predicted molar refractivity (Wildman–Crippen MR) is 124 cm³/mol. The Morgan fingerprint density at radius 2 is 1.81 bits per heavy atom. The number of ketones is 1. The van der Waals surface area contributed by atoms with E-state index in [9.17, 15) is 4.79 Å². The topological polar surface area (TPSA) is 92.8 Å². The number of nitriles is 1. The Labute approximate surface area is 190 Å². The Morgan fingerprint density at radius 1 is 1.16 bits per heavy atom. The molecule has 2 aromatic heterocycles. The second-order valence-corrected chi connectivity index (χ2v) is 7.96. The molecule has 0 aliphatic rings. The Kier molecular flexibility index (Phi) is 5.56. The van der Waals surface area contributed by atoms with Crippen molar-refractivity contribution in [2.75, 3.05) is 5.32 Å². The van der Waals surface area contributed by atoms with Crippen molar-refractivity contribution >= 4 is 40.1 Å². The van der Waals surface area contributed by atoms with Crippen molar-refractivity contribution in [1.29, 1.82) is 5.26 Å². The van der Waals surface area contributed by atoms with Gasteiger partial charge in [0.2, 0.25) is 11.8 Å². The van der Waals surface area contributed by atoms with Crippen molar-refractivity contribution in [1.82, 2.24) is 14.5 Å². The molecule has 0 amide bonds. The Balaban J connectivity index is 1.80. The largest absolute Gasteiger partial charge is 0.436 e. The number of ether oxygens (including phenoxy) is 1. The van der Waals surface area contributed by atoms with Crippen LogP contribution in [-0.4, -0.2) is 20.3 Å². The Bertz CT molecular complexity index is 1380. The van der Waals surface area contributed by atoms with Crippen LogP contribution in [0.25, 0.3) is 11.0 Å². The van der Waals surface area contributed by atoms with Crippen LogP contribution >= 0.6 is 11.6 Å². The highest BCUT2D eigenvalue weighted by atomic mass is 35.5. The zero-order valence-corrected chi connectivity index (χ0v) is 18.8. The van der Waals surface area contributed by atoms with E-state index < -0.39 is 0 Å². The van der Waals surface area contributed by atoms with Gasteiger partial charge in [-0.05, 0) is 68.3 Å². The minimum Gasteiger partial charge on any atom is -0.436 e. The third-order valence-corrected chi connectivity index (χ3v) is 5.35. The van der Waals surface area contributed by atoms with Gasteiger partial charge in [0.15, 0.2) is 5.78 Å². The number of halogens is 1. The van der Waals surface area contributed by atoms with Gasteiger partial charge in [-0.15, -0.1) is 0 Å². The van der Waals surface area contributed by atoms with Crippen LogP contribution in [0.3, 0.4) is 0 Å². The number of nitrogens with one attached hydrogen (secondary N) is 1. The number of aryl methyl sites for hydroxylation is 3. The highest BCUT2D eigenvalue weighted by molar-refractivity contribution is 6.35. The molecule has 4 aromatic rings. The second kappa shape index (κ2) is 8.33. The van der Waals surface area contributed by atoms with E-state index >= 15 is 0 Å². The van der Waals surface area contributed by atoms with Crippen LogP contribution in [0.5, 0.6) is 11.6 Å². The van der Waals surface area contributed by atoms with Crippen LogP contribution < -0.4 is 10.1 Å². The van der Waals surface area contributed by atoms with Crippen LogP contribution in [0.15, 0.2) is 42.6 Å². The zero-order chi connectivity index (χ0) is 23.0. The minimum absolute atomic E-state index is 0.00436. The summed E-state index contributed by atoms with van der Waals surface area (Å²) in [4.78, 5) is 20.9. The molecule has 1 N–H and O–H groups in total. The summed E-state index contributed by atoms with van der Waals surface area (Å²) < 4.78 is 8.08. The normalized spacial score (nSPS) is 10.8. The van der Waals surface area contributed by atoms with Crippen molar-refractivity contribution < 1.29 is 9.53 Å². The molecule has 0 saturated heterocycles. The van der Waals surface area contributed by atoms with E-state index in [4.69, 9.17) is 21.6 Å². The molecule has 0 aliphatic carbocycles. The van der Waals surface area contributed by atoms with Gasteiger partial charge in [0.1, 0.15) is 16.8 Å². The molecule has 0 radical (unpaired) electrons. The third-order valence-electron chi connectivity index (χ3n) is 5.07. The number of hydrogen-bond acceptors (Lipinski definition) is 6. The summed E-state index contributed by atoms with van der Waals surface area (Å²) in [6, 6.07) is 12.6. The van der Waals surface area contributed by atoms with E-state index in [1.54, 1.807) is 42.6 Å². The van der Waals surface area contributed by atoms with E-state index in [0.717, 1.165) is 16.8 Å². The summed E-state index contributed by atoms with van der Waals surface area (Å²) in [5.41, 5.74) is 4.75. The summed E-state index contributed by atoms with van der Waals surface area (Å²) in [5, 5.41) is 12.6. The highest BCUT2D eigenvalue weighted by Crippen LogP contribution is 2.36. The maximum absolute atomic E-state index is 11.8. The molecule has 0 unspecified atom stereocenters. The Morgan fingerprint density at radius 3 is 2.41 bits per heavy atom. The fraction of sp³-hybridized carbons (Fsp3) is 0.167. The standard InChI is InChI=1S/C24H20ClN5O2/c1-13-9-17(15(3)31)10-14(2)22(13)32-23-21-20(19(25)12-30(21)4)28-24(29-23)27-18-7-5-16(11-26)6-8-18/h5-10,12H,1-4H3,(H,27,28,29). The molecule has 160 valence electrons. The minimum atomic E-state index is -0.00436. The number of hydrogen-bond donors (Lipinski definition) is 1. The van der Waals surface area contributed by atoms with E-state index in [2.05, 4.69) is 21.4 Å². The van der Waals surface area contributed by atoms with Gasteiger partial charge in [0, 0.05) is 24.5 Å². The van der Waals surface area contributed by atoms with Gasteiger partial charge in [-0.3, -0.25) is 4.79 Å². The molecule has 32 heavy (non-hydrogen) atoms. The summed E-state index contributed by atoms with van der Waals surface area (Å²) in [7, 11) is 1.84. The maximum Gasteiger partial charge on any atom is 0.249 e. The summed E-state index contributed by atoms with van der Waals surface area (Å²) >= 11 is 6.42. The lowest BCUT2D eigenvalue weighted by molar-refractivity contribution is 0.101. The predicted octanol–water partition coefficient (Wildman–Crippen LogP) is 5.85. The molecule has 8 heteroatoms. The van der Waals surface area contributed by atoms with Crippen LogP contribution in [0.1, 0.15) is 34.0 Å². The number of benzene rings is 2. The van der Waals surface area contributed by atoms with Crippen LogP contribution in [0.4, 0.5) is 11.6 Å². The molecule has 7 nitrogen and oxygen atoms in total. The van der Waals surface area contributed by atoms with Crippen molar-refractivity contribution in [2.45, 2.75) is 20.8 Å². The van der Waals surface area contributed by atoms with E-state index in [-0.39, 0.29) is 5.78 Å². The van der Waals surface area contributed by atoms with E-state index in [1.807, 2.05) is 25.5 Å². The number of Topliss-reactive ketones (excluding diaryl/α,β-unsaturated/α-hetero) is 1. The lowest BCUT2D eigenvalue weighted by Crippen LogP contribution is -2.03. The molecule has 0 atom stereocenters. The summed E-state index contributed by atoms with van der Waals surface area (Å²) in [5.74, 6) is 1.26. The molecular weight excluding hydrogens is 426 g/mol. The number of fused-ring (bicyclic) bond motifs is 1. The van der Waals surface area contributed by atoms with E-state index in [1.165, 1.54) is 6.92 Å². The number of anilines is 2. The molecule has 0 aliphatic heterocycles. The number of carbonyl (C=O) groups excluding carboxylic acids is 1. The number of carbonyl (C=O) groups is 1. The van der Waals surface area contributed by atoms with Crippen molar-refractivity contribution in [3.63, 3.8) is 0 Å². The zero-order valence-electron chi connectivity index (χ0n) is 18.0. The van der Waals surface area contributed by atoms with Crippen molar-refractivity contribution in [3.8, 4) is 17.7 Å². The molecule has 0 spiro atoms. The lowest BCUT2D eigenvalue weighted by Gasteiger charge is -2.15. The van der Waals surface area contributed by atoms with Crippen LogP contribution in [0.2, 0.25) is 5.02 Å². The fourth-order valence-electron chi connectivity index (χ4n) is 3.51. The van der Waals surface area contributed by atoms with Gasteiger partial charge < -0.3 is 14.6 Å². The first-order valence-corrected chi connectivity index (χ1v) is 10.2. The van der Waals surface area contributed by atoms with Gasteiger partial charge >= 0.3 is 0 Å². The number of aromatic nitrogens is 3. The summed E-state index contributed by atoms with van der Waals surface area (Å²) in [6.07, 6.45) is 1.75. The third kappa shape index (κ3) is 4.01. The molecule has 0 fully saturated rings. The Hall–Kier alpha value is -3.89. The van der Waals surface area contributed by atoms with Gasteiger partial charge in [-0.1, -0.05) is 11.6 Å². The van der Waals surface area contributed by atoms with Gasteiger partial charge in [-0.2, -0.15) is 10.2 Å². The first kappa shape index (κ1) is 21.3. The average molecular weight is 446 g/mol. The molecule has 2 heterocycles. The monoisotopic (exact) mass is 445 g/mol. The first-order chi connectivity index (χ1) is 15.3. The summed E-state index contributed by atoms with van der Waals surface area (Å²) in [6.45, 7) is 5.32. The van der Waals surface area contributed by atoms with Gasteiger partial charge in [0.05, 0.1) is 16.7 Å². The van der Waals surface area contributed by atoms with Gasteiger partial charge in [0.25, 0.3) is 0 Å². The first-order valence-electron chi connectivity index (χ1n) is 9.86. The molecule has 4 rings (SSSR count). The smallest absolute Gasteiger partial charge is 0.249 e. The number of rotatable bonds is 5. The fourth-order valence-corrected chi connectivity index (χ4v) is 3.79. The quantitative estimate of drug-likeness (QED) is 0.387. The van der Waals surface area contributed by atoms with Crippen molar-refractivity contribution in [2.24, 2.45) is 7.05 Å². The average Bonchev–Trinajstić information content (AvgIpc) is 3.04. The van der Waals surface area contributed by atoms with E-state index in [0.29, 0.717) is 44.8 Å².